The van der Waals surface area contributed by atoms with E-state index in [-0.39, 0.29) is 24.0 Å². The molecule has 29 heavy (non-hydrogen) atoms. The number of nitrogens with one attached hydrogen (secondary N) is 1. The van der Waals surface area contributed by atoms with Gasteiger partial charge in [0.2, 0.25) is 10.0 Å². The second kappa shape index (κ2) is 9.82. The first-order chi connectivity index (χ1) is 13.9. The van der Waals surface area contributed by atoms with Gasteiger partial charge in [-0.1, -0.05) is 12.1 Å². The minimum atomic E-state index is -3.68. The van der Waals surface area contributed by atoms with Crippen LogP contribution in [0.25, 0.3) is 0 Å². The highest BCUT2D eigenvalue weighted by molar-refractivity contribution is 7.89. The first-order valence-electron chi connectivity index (χ1n) is 9.54. The molecular formula is C20H27N3O4S2. The molecule has 9 heteroatoms. The number of hydrogen-bond acceptors (Lipinski definition) is 6. The van der Waals surface area contributed by atoms with Crippen LogP contribution in [-0.2, 0) is 21.3 Å². The van der Waals surface area contributed by atoms with Crippen LogP contribution in [0.15, 0.2) is 40.6 Å². The zero-order chi connectivity index (χ0) is 20.9. The lowest BCUT2D eigenvalue weighted by molar-refractivity contribution is 0.0628. The fourth-order valence-electron chi connectivity index (χ4n) is 3.26. The molecule has 2 aromatic rings. The molecule has 0 atom stereocenters. The van der Waals surface area contributed by atoms with Crippen molar-refractivity contribution in [2.75, 3.05) is 46.4 Å². The van der Waals surface area contributed by atoms with Crippen LogP contribution in [0, 0.1) is 6.92 Å². The molecule has 1 aliphatic rings. The van der Waals surface area contributed by atoms with Crippen LogP contribution in [0.2, 0.25) is 0 Å². The smallest absolute Gasteiger partial charge is 0.254 e. The van der Waals surface area contributed by atoms with E-state index in [0.29, 0.717) is 18.7 Å². The van der Waals surface area contributed by atoms with Crippen molar-refractivity contribution < 1.29 is 17.9 Å². The van der Waals surface area contributed by atoms with Crippen LogP contribution in [0.1, 0.15) is 20.8 Å². The average Bonchev–Trinajstić information content (AvgIpc) is 3.21. The fourth-order valence-corrected chi connectivity index (χ4v) is 5.05. The molecule has 1 amide bonds. The number of rotatable bonds is 8. The van der Waals surface area contributed by atoms with Crippen LogP contribution in [0.3, 0.4) is 0 Å². The Morgan fingerprint density at radius 1 is 1.21 bits per heavy atom. The maximum Gasteiger partial charge on any atom is 0.254 e. The standard InChI is InChI=1S/C20H27N3O4S2/c1-16-5-6-18(29(25,26)21-7-12-27-2)14-19(16)20(24)23-10-8-22(9-11-23)15-17-4-3-13-28-17/h3-6,13-14,21H,7-12,15H2,1-2H3. The normalized spacial score (nSPS) is 15.6. The zero-order valence-electron chi connectivity index (χ0n) is 16.8. The molecule has 1 fully saturated rings. The predicted molar refractivity (Wildman–Crippen MR) is 114 cm³/mol. The molecule has 1 saturated heterocycles. The number of carbonyl (C=O) groups excluding carboxylic acids is 1. The van der Waals surface area contributed by atoms with Gasteiger partial charge in [-0.3, -0.25) is 9.69 Å². The van der Waals surface area contributed by atoms with Gasteiger partial charge in [0.05, 0.1) is 11.5 Å². The lowest BCUT2D eigenvalue weighted by Crippen LogP contribution is -2.48. The number of carbonyl (C=O) groups is 1. The van der Waals surface area contributed by atoms with Gasteiger partial charge in [-0.2, -0.15) is 0 Å². The molecule has 1 aromatic heterocycles. The quantitative estimate of drug-likeness (QED) is 0.639. The Bertz CT molecular complexity index is 921. The molecule has 0 aliphatic carbocycles. The Labute approximate surface area is 176 Å². The second-order valence-corrected chi connectivity index (χ2v) is 9.81. The largest absolute Gasteiger partial charge is 0.383 e. The summed E-state index contributed by atoms with van der Waals surface area (Å²) in [6, 6.07) is 8.86. The molecule has 7 nitrogen and oxygen atoms in total. The minimum absolute atomic E-state index is 0.0962. The lowest BCUT2D eigenvalue weighted by atomic mass is 10.1. The summed E-state index contributed by atoms with van der Waals surface area (Å²) in [4.78, 5) is 18.6. The van der Waals surface area contributed by atoms with Crippen LogP contribution in [-0.4, -0.2) is 70.6 Å². The van der Waals surface area contributed by atoms with E-state index in [1.165, 1.54) is 24.1 Å². The summed E-state index contributed by atoms with van der Waals surface area (Å²) < 4.78 is 32.3. The molecule has 0 radical (unpaired) electrons. The summed E-state index contributed by atoms with van der Waals surface area (Å²) in [6.45, 7) is 6.07. The van der Waals surface area contributed by atoms with Gasteiger partial charge in [0.25, 0.3) is 5.91 Å². The van der Waals surface area contributed by atoms with Gasteiger partial charge in [0.15, 0.2) is 0 Å². The highest BCUT2D eigenvalue weighted by Crippen LogP contribution is 2.19. The van der Waals surface area contributed by atoms with E-state index in [1.54, 1.807) is 17.4 Å². The Morgan fingerprint density at radius 2 is 1.97 bits per heavy atom. The number of hydrogen-bond donors (Lipinski definition) is 1. The van der Waals surface area contributed by atoms with E-state index < -0.39 is 10.0 Å². The summed E-state index contributed by atoms with van der Waals surface area (Å²) in [5.41, 5.74) is 1.21. The van der Waals surface area contributed by atoms with E-state index in [2.05, 4.69) is 21.1 Å². The third-order valence-corrected chi connectivity index (χ3v) is 7.29. The Hall–Kier alpha value is -1.78. The van der Waals surface area contributed by atoms with Crippen LogP contribution < -0.4 is 4.72 Å². The molecule has 3 rings (SSSR count). The van der Waals surface area contributed by atoms with E-state index in [0.717, 1.165) is 25.2 Å². The van der Waals surface area contributed by atoms with Gasteiger partial charge in [0, 0.05) is 56.8 Å². The average molecular weight is 438 g/mol. The van der Waals surface area contributed by atoms with Crippen molar-refractivity contribution in [3.8, 4) is 0 Å². The zero-order valence-corrected chi connectivity index (χ0v) is 18.4. The molecular weight excluding hydrogens is 410 g/mol. The van der Waals surface area contributed by atoms with Crippen molar-refractivity contribution in [3.05, 3.63) is 51.7 Å². The van der Waals surface area contributed by atoms with Gasteiger partial charge < -0.3 is 9.64 Å². The van der Waals surface area contributed by atoms with Crippen molar-refractivity contribution >= 4 is 27.3 Å². The minimum Gasteiger partial charge on any atom is -0.383 e. The number of piperazine rings is 1. The lowest BCUT2D eigenvalue weighted by Gasteiger charge is -2.34. The third-order valence-electron chi connectivity index (χ3n) is 4.97. The molecule has 1 aliphatic heterocycles. The van der Waals surface area contributed by atoms with Gasteiger partial charge in [-0.25, -0.2) is 13.1 Å². The highest BCUT2D eigenvalue weighted by Gasteiger charge is 2.25. The Morgan fingerprint density at radius 3 is 2.62 bits per heavy atom. The van der Waals surface area contributed by atoms with Crippen LogP contribution in [0.4, 0.5) is 0 Å². The van der Waals surface area contributed by atoms with E-state index in [1.807, 2.05) is 17.9 Å². The van der Waals surface area contributed by atoms with E-state index in [9.17, 15) is 13.2 Å². The Kier molecular flexibility index (Phi) is 7.42. The second-order valence-electron chi connectivity index (χ2n) is 7.02. The molecule has 1 N–H and O–H groups in total. The SMILES string of the molecule is COCCNS(=O)(=O)c1ccc(C)c(C(=O)N2CCN(Cc3cccs3)CC2)c1. The van der Waals surface area contributed by atoms with Crippen molar-refractivity contribution in [2.45, 2.75) is 18.4 Å². The van der Waals surface area contributed by atoms with Gasteiger partial charge in [0.1, 0.15) is 0 Å². The maximum absolute atomic E-state index is 13.1. The number of thiophene rings is 1. The van der Waals surface area contributed by atoms with Crippen molar-refractivity contribution in [3.63, 3.8) is 0 Å². The van der Waals surface area contributed by atoms with Crippen molar-refractivity contribution in [1.29, 1.82) is 0 Å². The fraction of sp³-hybridized carbons (Fsp3) is 0.450. The molecule has 1 aromatic carbocycles. The molecule has 2 heterocycles. The molecule has 158 valence electrons. The number of methoxy groups -OCH3 is 1. The number of sulfonamides is 1. The first kappa shape index (κ1) is 21.9. The van der Waals surface area contributed by atoms with E-state index >= 15 is 0 Å². The molecule has 0 unspecified atom stereocenters. The maximum atomic E-state index is 13.1. The summed E-state index contributed by atoms with van der Waals surface area (Å²) in [6.07, 6.45) is 0. The molecule has 0 bridgehead atoms. The number of amides is 1. The molecule has 0 saturated carbocycles. The number of aryl methyl sites for hydroxylation is 1. The summed E-state index contributed by atoms with van der Waals surface area (Å²) in [7, 11) is -2.17. The topological polar surface area (TPSA) is 78.9 Å². The van der Waals surface area contributed by atoms with Gasteiger partial charge in [-0.05, 0) is 36.1 Å². The number of ether oxygens (including phenoxy) is 1. The van der Waals surface area contributed by atoms with Crippen LogP contribution >= 0.6 is 11.3 Å². The summed E-state index contributed by atoms with van der Waals surface area (Å²) in [5.74, 6) is -0.118. The highest BCUT2D eigenvalue weighted by atomic mass is 32.2. The van der Waals surface area contributed by atoms with E-state index in [4.69, 9.17) is 4.74 Å². The third kappa shape index (κ3) is 5.64. The van der Waals surface area contributed by atoms with Gasteiger partial charge in [-0.15, -0.1) is 11.3 Å². The predicted octanol–water partition coefficient (Wildman–Crippen LogP) is 1.94. The Balaban J connectivity index is 1.66. The van der Waals surface area contributed by atoms with Crippen molar-refractivity contribution in [2.24, 2.45) is 0 Å². The molecule has 0 spiro atoms. The van der Waals surface area contributed by atoms with Crippen LogP contribution in [0.5, 0.6) is 0 Å². The summed E-state index contributed by atoms with van der Waals surface area (Å²) in [5, 5.41) is 2.07. The number of benzene rings is 1. The first-order valence-corrected chi connectivity index (χ1v) is 11.9. The summed E-state index contributed by atoms with van der Waals surface area (Å²) >= 11 is 1.74. The monoisotopic (exact) mass is 437 g/mol. The van der Waals surface area contributed by atoms with Crippen molar-refractivity contribution in [1.82, 2.24) is 14.5 Å². The van der Waals surface area contributed by atoms with Gasteiger partial charge >= 0.3 is 0 Å². The number of nitrogens with zero attached hydrogens (tertiary/aromatic N) is 2.